The predicted octanol–water partition coefficient (Wildman–Crippen LogP) is 0.674. The molecular weight excluding hydrogens is 241 g/mol. The molecule has 1 aromatic carbocycles. The Morgan fingerprint density at radius 2 is 2.11 bits per heavy atom. The van der Waals surface area contributed by atoms with Crippen molar-refractivity contribution in [1.82, 2.24) is 0 Å². The van der Waals surface area contributed by atoms with Gasteiger partial charge in [-0.15, -0.1) is 0 Å². The molecule has 0 saturated carbocycles. The number of anilines is 1. The maximum atomic E-state index is 13.2. The van der Waals surface area contributed by atoms with Crippen LogP contribution in [0.15, 0.2) is 12.1 Å². The van der Waals surface area contributed by atoms with Crippen molar-refractivity contribution >= 4 is 11.7 Å². The third-order valence-electron chi connectivity index (χ3n) is 2.53. The molecule has 0 heterocycles. The molecule has 2 atom stereocenters. The van der Waals surface area contributed by atoms with Gasteiger partial charge in [-0.3, -0.25) is 0 Å². The third-order valence-corrected chi connectivity index (χ3v) is 2.53. The van der Waals surface area contributed by atoms with Crippen LogP contribution in [0.1, 0.15) is 24.2 Å². The second-order valence-corrected chi connectivity index (χ2v) is 3.87. The average Bonchev–Trinajstić information content (AvgIpc) is 2.32. The summed E-state index contributed by atoms with van der Waals surface area (Å²) in [5.41, 5.74) is 6.19. The van der Waals surface area contributed by atoms with E-state index in [2.05, 4.69) is 4.74 Å². The predicted molar refractivity (Wildman–Crippen MR) is 63.1 cm³/mol. The van der Waals surface area contributed by atoms with Crippen LogP contribution in [0.25, 0.3) is 0 Å². The Hall–Kier alpha value is -1.66. The first-order valence-corrected chi connectivity index (χ1v) is 5.46. The Balaban J connectivity index is 3.03. The van der Waals surface area contributed by atoms with E-state index in [1.807, 2.05) is 0 Å². The zero-order valence-electron chi connectivity index (χ0n) is 10.2. The van der Waals surface area contributed by atoms with Gasteiger partial charge in [-0.25, -0.2) is 9.18 Å². The molecule has 0 aliphatic rings. The van der Waals surface area contributed by atoms with Gasteiger partial charge in [-0.2, -0.15) is 0 Å². The normalized spacial score (nSPS) is 14.1. The molecule has 2 unspecified atom stereocenters. The van der Waals surface area contributed by atoms with Gasteiger partial charge >= 0.3 is 5.97 Å². The van der Waals surface area contributed by atoms with Gasteiger partial charge in [-0.05, 0) is 31.5 Å². The van der Waals surface area contributed by atoms with Crippen LogP contribution in [0.5, 0.6) is 0 Å². The van der Waals surface area contributed by atoms with Crippen LogP contribution in [-0.4, -0.2) is 28.9 Å². The maximum Gasteiger partial charge on any atom is 0.338 e. The zero-order chi connectivity index (χ0) is 13.9. The molecule has 1 aromatic rings. The van der Waals surface area contributed by atoms with Gasteiger partial charge in [-0.1, -0.05) is 0 Å². The molecular formula is C12H16FNO4. The van der Waals surface area contributed by atoms with Crippen molar-refractivity contribution in [3.05, 3.63) is 29.1 Å². The van der Waals surface area contributed by atoms with Crippen molar-refractivity contribution in [1.29, 1.82) is 0 Å². The Bertz CT molecular complexity index is 450. The van der Waals surface area contributed by atoms with E-state index in [4.69, 9.17) is 5.73 Å². The van der Waals surface area contributed by atoms with E-state index in [0.29, 0.717) is 5.56 Å². The van der Waals surface area contributed by atoms with Crippen LogP contribution in [0.2, 0.25) is 0 Å². The Morgan fingerprint density at radius 3 is 2.67 bits per heavy atom. The second kappa shape index (κ2) is 5.79. The number of halogens is 1. The standard InChI is InChI=1S/C12H16FNO4/c1-3-18-12(17)11(16)10(15)8-5-7(13)4-6(2)9(8)14/h4-5,10-11,15-16H,3,14H2,1-2H3. The molecule has 0 aromatic heterocycles. The number of nitrogen functional groups attached to an aromatic ring is 1. The largest absolute Gasteiger partial charge is 0.464 e. The van der Waals surface area contributed by atoms with E-state index >= 15 is 0 Å². The number of aliphatic hydroxyl groups is 2. The molecule has 1 rings (SSSR count). The fourth-order valence-corrected chi connectivity index (χ4v) is 1.55. The van der Waals surface area contributed by atoms with Crippen LogP contribution in [0.3, 0.4) is 0 Å². The monoisotopic (exact) mass is 257 g/mol. The summed E-state index contributed by atoms with van der Waals surface area (Å²) in [4.78, 5) is 11.3. The molecule has 0 amide bonds. The quantitative estimate of drug-likeness (QED) is 0.544. The van der Waals surface area contributed by atoms with Crippen molar-refractivity contribution in [3.8, 4) is 0 Å². The van der Waals surface area contributed by atoms with Crippen molar-refractivity contribution in [3.63, 3.8) is 0 Å². The summed E-state index contributed by atoms with van der Waals surface area (Å²) in [6.45, 7) is 3.20. The summed E-state index contributed by atoms with van der Waals surface area (Å²) in [6.07, 6.45) is -3.42. The number of aliphatic hydroxyl groups excluding tert-OH is 2. The Kier molecular flexibility index (Phi) is 4.63. The molecule has 4 N–H and O–H groups in total. The molecule has 0 fully saturated rings. The van der Waals surface area contributed by atoms with Crippen LogP contribution >= 0.6 is 0 Å². The SMILES string of the molecule is CCOC(=O)C(O)C(O)c1cc(F)cc(C)c1N. The maximum absolute atomic E-state index is 13.2. The molecule has 0 saturated heterocycles. The summed E-state index contributed by atoms with van der Waals surface area (Å²) in [6, 6.07) is 2.18. The van der Waals surface area contributed by atoms with E-state index in [9.17, 15) is 19.4 Å². The van der Waals surface area contributed by atoms with Crippen molar-refractivity contribution in [2.24, 2.45) is 0 Å². The van der Waals surface area contributed by atoms with Gasteiger partial charge in [0, 0.05) is 11.3 Å². The number of hydrogen-bond donors (Lipinski definition) is 3. The zero-order valence-corrected chi connectivity index (χ0v) is 10.2. The van der Waals surface area contributed by atoms with E-state index in [1.54, 1.807) is 13.8 Å². The van der Waals surface area contributed by atoms with Gasteiger partial charge in [0.1, 0.15) is 11.9 Å². The number of esters is 1. The van der Waals surface area contributed by atoms with Gasteiger partial charge in [0.2, 0.25) is 0 Å². The van der Waals surface area contributed by atoms with Gasteiger partial charge in [0.15, 0.2) is 6.10 Å². The minimum absolute atomic E-state index is 0.0342. The van der Waals surface area contributed by atoms with Gasteiger partial charge in [0.25, 0.3) is 0 Å². The minimum atomic E-state index is -1.80. The first-order valence-electron chi connectivity index (χ1n) is 5.46. The number of hydrogen-bond acceptors (Lipinski definition) is 5. The van der Waals surface area contributed by atoms with Crippen molar-refractivity contribution < 1.29 is 24.1 Å². The van der Waals surface area contributed by atoms with Crippen molar-refractivity contribution in [2.75, 3.05) is 12.3 Å². The van der Waals surface area contributed by atoms with E-state index in [1.165, 1.54) is 6.07 Å². The summed E-state index contributed by atoms with van der Waals surface area (Å²) in [7, 11) is 0. The lowest BCUT2D eigenvalue weighted by molar-refractivity contribution is -0.159. The molecule has 0 aliphatic heterocycles. The lowest BCUT2D eigenvalue weighted by Gasteiger charge is -2.19. The summed E-state index contributed by atoms with van der Waals surface area (Å²) >= 11 is 0. The Morgan fingerprint density at radius 1 is 1.50 bits per heavy atom. The number of aryl methyl sites for hydroxylation is 1. The van der Waals surface area contributed by atoms with E-state index < -0.39 is 24.0 Å². The first-order chi connectivity index (χ1) is 8.38. The molecule has 18 heavy (non-hydrogen) atoms. The molecule has 0 bridgehead atoms. The van der Waals surface area contributed by atoms with Crippen LogP contribution in [0, 0.1) is 12.7 Å². The highest BCUT2D eigenvalue weighted by Crippen LogP contribution is 2.27. The Labute approximate surface area is 104 Å². The fourth-order valence-electron chi connectivity index (χ4n) is 1.55. The average molecular weight is 257 g/mol. The molecule has 5 nitrogen and oxygen atoms in total. The molecule has 0 radical (unpaired) electrons. The number of benzene rings is 1. The lowest BCUT2D eigenvalue weighted by Crippen LogP contribution is -2.30. The number of nitrogens with two attached hydrogens (primary N) is 1. The highest BCUT2D eigenvalue weighted by atomic mass is 19.1. The fraction of sp³-hybridized carbons (Fsp3) is 0.417. The van der Waals surface area contributed by atoms with Gasteiger partial charge in [0.05, 0.1) is 6.61 Å². The van der Waals surface area contributed by atoms with Crippen molar-refractivity contribution in [2.45, 2.75) is 26.1 Å². The molecule has 0 aliphatic carbocycles. The van der Waals surface area contributed by atoms with E-state index in [-0.39, 0.29) is 17.9 Å². The molecule has 0 spiro atoms. The van der Waals surface area contributed by atoms with Crippen LogP contribution in [-0.2, 0) is 9.53 Å². The van der Waals surface area contributed by atoms with Crippen LogP contribution in [0.4, 0.5) is 10.1 Å². The third kappa shape index (κ3) is 2.96. The highest BCUT2D eigenvalue weighted by molar-refractivity contribution is 5.76. The number of ether oxygens (including phenoxy) is 1. The topological polar surface area (TPSA) is 92.8 Å². The summed E-state index contributed by atoms with van der Waals surface area (Å²) in [5.74, 6) is -1.59. The summed E-state index contributed by atoms with van der Waals surface area (Å²) < 4.78 is 17.8. The highest BCUT2D eigenvalue weighted by Gasteiger charge is 2.29. The molecule has 6 heteroatoms. The number of rotatable bonds is 4. The number of carbonyl (C=O) groups excluding carboxylic acids is 1. The van der Waals surface area contributed by atoms with E-state index in [0.717, 1.165) is 6.07 Å². The summed E-state index contributed by atoms with van der Waals surface area (Å²) in [5, 5.41) is 19.4. The van der Waals surface area contributed by atoms with Crippen LogP contribution < -0.4 is 5.73 Å². The van der Waals surface area contributed by atoms with Gasteiger partial charge < -0.3 is 20.7 Å². The lowest BCUT2D eigenvalue weighted by atomic mass is 9.99. The first kappa shape index (κ1) is 14.4. The minimum Gasteiger partial charge on any atom is -0.464 e. The number of carbonyl (C=O) groups is 1. The smallest absolute Gasteiger partial charge is 0.338 e. The second-order valence-electron chi connectivity index (χ2n) is 3.87. The molecule has 100 valence electrons.